The van der Waals surface area contributed by atoms with Crippen LogP contribution in [0.3, 0.4) is 0 Å². The van der Waals surface area contributed by atoms with Crippen LogP contribution in [0.4, 0.5) is 5.69 Å². The highest BCUT2D eigenvalue weighted by molar-refractivity contribution is 6.33. The number of nitrogens with one attached hydrogen (secondary N) is 2. The molecule has 0 aliphatic carbocycles. The average molecular weight is 330 g/mol. The largest absolute Gasteiger partial charge is 0.325 e. The summed E-state index contributed by atoms with van der Waals surface area (Å²) in [5.41, 5.74) is 0.696. The van der Waals surface area contributed by atoms with E-state index in [-0.39, 0.29) is 18.3 Å². The fourth-order valence-electron chi connectivity index (χ4n) is 3.17. The number of carbonyl (C=O) groups excluding carboxylic acids is 1. The first kappa shape index (κ1) is 16.6. The molecule has 21 heavy (non-hydrogen) atoms. The predicted octanol–water partition coefficient (Wildman–Crippen LogP) is 2.24. The third-order valence-electron chi connectivity index (χ3n) is 4.27. The zero-order valence-electron chi connectivity index (χ0n) is 11.8. The Labute approximate surface area is 136 Å². The monoisotopic (exact) mass is 329 g/mol. The summed E-state index contributed by atoms with van der Waals surface area (Å²) in [5, 5.41) is 6.89. The van der Waals surface area contributed by atoms with Gasteiger partial charge in [-0.3, -0.25) is 4.79 Å². The molecule has 0 bridgehead atoms. The maximum Gasteiger partial charge on any atom is 0.225 e. The summed E-state index contributed by atoms with van der Waals surface area (Å²) in [6, 6.07) is 7.34. The number of anilines is 1. The number of para-hydroxylation sites is 1. The fourth-order valence-corrected chi connectivity index (χ4v) is 3.35. The number of amides is 1. The summed E-state index contributed by atoms with van der Waals surface area (Å²) in [7, 11) is 0. The van der Waals surface area contributed by atoms with Gasteiger partial charge in [-0.1, -0.05) is 23.7 Å². The molecule has 2 saturated heterocycles. The fraction of sp³-hybridized carbons (Fsp3) is 0.533. The van der Waals surface area contributed by atoms with Crippen LogP contribution in [0, 0.1) is 11.8 Å². The number of nitrogens with zero attached hydrogens (tertiary/aromatic N) is 1. The second-order valence-electron chi connectivity index (χ2n) is 5.72. The van der Waals surface area contributed by atoms with E-state index in [1.807, 2.05) is 18.2 Å². The van der Waals surface area contributed by atoms with Crippen LogP contribution < -0.4 is 10.6 Å². The molecule has 0 aromatic heterocycles. The van der Waals surface area contributed by atoms with E-state index < -0.39 is 0 Å². The van der Waals surface area contributed by atoms with Gasteiger partial charge in [-0.25, -0.2) is 0 Å². The van der Waals surface area contributed by atoms with E-state index in [4.69, 9.17) is 11.6 Å². The van der Waals surface area contributed by atoms with E-state index in [2.05, 4.69) is 15.5 Å². The number of carbonyl (C=O) groups is 1. The number of rotatable bonds is 4. The number of likely N-dealkylation sites (tertiary alicyclic amines) is 1. The highest BCUT2D eigenvalue weighted by Crippen LogP contribution is 2.26. The second kappa shape index (κ2) is 7.45. The van der Waals surface area contributed by atoms with Crippen molar-refractivity contribution in [1.82, 2.24) is 10.2 Å². The molecule has 2 N–H and O–H groups in total. The van der Waals surface area contributed by atoms with Gasteiger partial charge < -0.3 is 15.5 Å². The van der Waals surface area contributed by atoms with Crippen LogP contribution in [-0.2, 0) is 4.79 Å². The van der Waals surface area contributed by atoms with Crippen LogP contribution >= 0.6 is 24.0 Å². The van der Waals surface area contributed by atoms with Crippen LogP contribution in [0.2, 0.25) is 5.02 Å². The van der Waals surface area contributed by atoms with E-state index in [0.29, 0.717) is 17.1 Å². The smallest absolute Gasteiger partial charge is 0.225 e. The first-order valence-corrected chi connectivity index (χ1v) is 7.57. The Morgan fingerprint density at radius 1 is 1.29 bits per heavy atom. The lowest BCUT2D eigenvalue weighted by atomic mass is 10.0. The van der Waals surface area contributed by atoms with Gasteiger partial charge in [-0.05, 0) is 37.1 Å². The van der Waals surface area contributed by atoms with E-state index in [9.17, 15) is 4.79 Å². The van der Waals surface area contributed by atoms with Gasteiger partial charge in [-0.15, -0.1) is 12.4 Å². The van der Waals surface area contributed by atoms with Crippen molar-refractivity contribution in [2.75, 3.05) is 38.0 Å². The van der Waals surface area contributed by atoms with Gasteiger partial charge in [0.25, 0.3) is 0 Å². The molecule has 3 rings (SSSR count). The molecule has 0 unspecified atom stereocenters. The molecule has 1 aromatic carbocycles. The van der Waals surface area contributed by atoms with Crippen LogP contribution in [0.5, 0.6) is 0 Å². The first-order valence-electron chi connectivity index (χ1n) is 7.20. The van der Waals surface area contributed by atoms with Gasteiger partial charge in [0.05, 0.1) is 10.7 Å². The molecule has 2 heterocycles. The van der Waals surface area contributed by atoms with Gasteiger partial charge in [-0.2, -0.15) is 0 Å². The number of fused-ring (bicyclic) bond motifs is 1. The molecule has 2 atom stereocenters. The summed E-state index contributed by atoms with van der Waals surface area (Å²) < 4.78 is 0. The zero-order valence-corrected chi connectivity index (χ0v) is 13.4. The molecule has 0 radical (unpaired) electrons. The summed E-state index contributed by atoms with van der Waals surface area (Å²) in [6.07, 6.45) is 0.526. The normalized spacial score (nSPS) is 24.4. The molecular formula is C15H21Cl2N3O. The lowest BCUT2D eigenvalue weighted by Crippen LogP contribution is -2.29. The molecule has 2 fully saturated rings. The summed E-state index contributed by atoms with van der Waals surface area (Å²) in [4.78, 5) is 14.4. The number of hydrogen-bond donors (Lipinski definition) is 2. The first-order chi connectivity index (χ1) is 9.72. The third kappa shape index (κ3) is 4.10. The van der Waals surface area contributed by atoms with Crippen LogP contribution in [0.1, 0.15) is 6.42 Å². The maximum absolute atomic E-state index is 12.0. The van der Waals surface area contributed by atoms with Crippen molar-refractivity contribution in [3.05, 3.63) is 29.3 Å². The van der Waals surface area contributed by atoms with E-state index in [1.165, 1.54) is 0 Å². The molecule has 2 aliphatic rings. The SMILES string of the molecule is Cl.O=C(CCN1C[C@H]2CNC[C@H]2C1)Nc1ccccc1Cl. The van der Waals surface area contributed by atoms with E-state index in [0.717, 1.165) is 44.6 Å². The average Bonchev–Trinajstić information content (AvgIpc) is 3.00. The Kier molecular flexibility index (Phi) is 5.88. The van der Waals surface area contributed by atoms with Crippen molar-refractivity contribution in [2.24, 2.45) is 11.8 Å². The molecule has 2 aliphatic heterocycles. The molecule has 0 saturated carbocycles. The molecular weight excluding hydrogens is 309 g/mol. The standard InChI is InChI=1S/C15H20ClN3O.ClH/c16-13-3-1-2-4-14(13)18-15(20)5-6-19-9-11-7-17-8-12(11)10-19;/h1-4,11-12,17H,5-10H2,(H,18,20);1H/t11-,12+;. The Hall–Kier alpha value is -0.810. The van der Waals surface area contributed by atoms with Crippen molar-refractivity contribution in [3.63, 3.8) is 0 Å². The van der Waals surface area contributed by atoms with Crippen molar-refractivity contribution < 1.29 is 4.79 Å². The maximum atomic E-state index is 12.0. The highest BCUT2D eigenvalue weighted by atomic mass is 35.5. The second-order valence-corrected chi connectivity index (χ2v) is 6.12. The number of halogens is 2. The van der Waals surface area contributed by atoms with Gasteiger partial charge in [0.1, 0.15) is 0 Å². The molecule has 1 aromatic rings. The van der Waals surface area contributed by atoms with Crippen LogP contribution in [0.15, 0.2) is 24.3 Å². The lowest BCUT2D eigenvalue weighted by molar-refractivity contribution is -0.116. The summed E-state index contributed by atoms with van der Waals surface area (Å²) >= 11 is 6.03. The predicted molar refractivity (Wildman–Crippen MR) is 88.2 cm³/mol. The van der Waals surface area contributed by atoms with Crippen LogP contribution in [-0.4, -0.2) is 43.5 Å². The Morgan fingerprint density at radius 2 is 1.95 bits per heavy atom. The van der Waals surface area contributed by atoms with Crippen molar-refractivity contribution >= 4 is 35.6 Å². The van der Waals surface area contributed by atoms with E-state index >= 15 is 0 Å². The molecule has 1 amide bonds. The number of hydrogen-bond acceptors (Lipinski definition) is 3. The molecule has 0 spiro atoms. The topological polar surface area (TPSA) is 44.4 Å². The summed E-state index contributed by atoms with van der Waals surface area (Å²) in [5.74, 6) is 1.59. The minimum Gasteiger partial charge on any atom is -0.325 e. The van der Waals surface area contributed by atoms with E-state index in [1.54, 1.807) is 6.07 Å². The molecule has 4 nitrogen and oxygen atoms in total. The minimum atomic E-state index is 0. The van der Waals surface area contributed by atoms with Gasteiger partial charge in [0.2, 0.25) is 5.91 Å². The van der Waals surface area contributed by atoms with Crippen molar-refractivity contribution in [2.45, 2.75) is 6.42 Å². The zero-order chi connectivity index (χ0) is 13.9. The Bertz CT molecular complexity index is 486. The summed E-state index contributed by atoms with van der Waals surface area (Å²) in [6.45, 7) is 5.34. The minimum absolute atomic E-state index is 0. The third-order valence-corrected chi connectivity index (χ3v) is 4.60. The Morgan fingerprint density at radius 3 is 2.62 bits per heavy atom. The lowest BCUT2D eigenvalue weighted by Gasteiger charge is -2.16. The van der Waals surface area contributed by atoms with Gasteiger partial charge in [0, 0.05) is 26.1 Å². The van der Waals surface area contributed by atoms with Crippen molar-refractivity contribution in [3.8, 4) is 0 Å². The van der Waals surface area contributed by atoms with Crippen LogP contribution in [0.25, 0.3) is 0 Å². The van der Waals surface area contributed by atoms with Crippen molar-refractivity contribution in [1.29, 1.82) is 0 Å². The highest BCUT2D eigenvalue weighted by Gasteiger charge is 2.35. The molecule has 116 valence electrons. The number of benzene rings is 1. The van der Waals surface area contributed by atoms with Gasteiger partial charge >= 0.3 is 0 Å². The molecule has 6 heteroatoms. The quantitative estimate of drug-likeness (QED) is 0.890. The Balaban J connectivity index is 0.00000161. The van der Waals surface area contributed by atoms with Gasteiger partial charge in [0.15, 0.2) is 0 Å².